The summed E-state index contributed by atoms with van der Waals surface area (Å²) in [5.74, 6) is 0.103. The highest BCUT2D eigenvalue weighted by Gasteiger charge is 2.17. The van der Waals surface area contributed by atoms with Crippen molar-refractivity contribution in [3.63, 3.8) is 0 Å². The van der Waals surface area contributed by atoms with E-state index in [0.717, 1.165) is 15.7 Å². The number of para-hydroxylation sites is 1. The minimum atomic E-state index is -0.511. The first-order valence-electron chi connectivity index (χ1n) is 10.3. The minimum Gasteiger partial charge on any atom is -0.337 e. The molecule has 0 radical (unpaired) electrons. The lowest BCUT2D eigenvalue weighted by atomic mass is 10.1. The van der Waals surface area contributed by atoms with Gasteiger partial charge in [0, 0.05) is 5.56 Å². The maximum atomic E-state index is 13.5. The summed E-state index contributed by atoms with van der Waals surface area (Å²) in [7, 11) is 0. The number of aryl methyl sites for hydroxylation is 2. The summed E-state index contributed by atoms with van der Waals surface area (Å²) in [6.07, 6.45) is 0. The van der Waals surface area contributed by atoms with Crippen LogP contribution in [0.4, 0.5) is 4.39 Å². The lowest BCUT2D eigenvalue weighted by Gasteiger charge is -2.13. The summed E-state index contributed by atoms with van der Waals surface area (Å²) >= 11 is 0. The second-order valence-electron chi connectivity index (χ2n) is 7.81. The van der Waals surface area contributed by atoms with E-state index in [2.05, 4.69) is 10.1 Å². The Kier molecular flexibility index (Phi) is 4.97. The van der Waals surface area contributed by atoms with Gasteiger partial charge in [0.25, 0.3) is 5.56 Å². The average Bonchev–Trinajstić information content (AvgIpc) is 3.28. The quantitative estimate of drug-likeness (QED) is 0.420. The minimum absolute atomic E-state index is 0.0291. The standard InChI is InChI=1S/C25H19FN4O3/c1-15-7-12-19(13-16(15)2)30-24(31)20-5-3-4-6-21(20)29(25(30)32)14-22-27-23(28-33-22)17-8-10-18(26)11-9-17/h3-13H,14H2,1-2H3. The number of rotatable bonds is 4. The molecule has 33 heavy (non-hydrogen) atoms. The van der Waals surface area contributed by atoms with Gasteiger partial charge in [-0.3, -0.25) is 9.36 Å². The molecule has 0 bridgehead atoms. The Morgan fingerprint density at radius 3 is 2.45 bits per heavy atom. The number of fused-ring (bicyclic) bond motifs is 1. The van der Waals surface area contributed by atoms with E-state index in [4.69, 9.17) is 4.52 Å². The topological polar surface area (TPSA) is 82.9 Å². The third-order valence-electron chi connectivity index (χ3n) is 5.66. The number of hydrogen-bond acceptors (Lipinski definition) is 5. The maximum Gasteiger partial charge on any atom is 0.336 e. The largest absolute Gasteiger partial charge is 0.337 e. The third-order valence-corrected chi connectivity index (χ3v) is 5.66. The van der Waals surface area contributed by atoms with Gasteiger partial charge in [-0.1, -0.05) is 23.4 Å². The first-order valence-corrected chi connectivity index (χ1v) is 10.3. The van der Waals surface area contributed by atoms with Crippen molar-refractivity contribution in [2.24, 2.45) is 0 Å². The molecule has 0 aliphatic heterocycles. The van der Waals surface area contributed by atoms with Gasteiger partial charge in [-0.25, -0.2) is 13.8 Å². The second-order valence-corrected chi connectivity index (χ2v) is 7.81. The van der Waals surface area contributed by atoms with Crippen molar-refractivity contribution in [3.8, 4) is 17.1 Å². The Bertz CT molecular complexity index is 1610. The Hall–Kier alpha value is -4.33. The molecule has 0 unspecified atom stereocenters. The van der Waals surface area contributed by atoms with Crippen molar-refractivity contribution < 1.29 is 8.91 Å². The van der Waals surface area contributed by atoms with Gasteiger partial charge in [0.05, 0.1) is 16.6 Å². The molecule has 0 spiro atoms. The molecule has 0 atom stereocenters. The van der Waals surface area contributed by atoms with Crippen LogP contribution in [0.5, 0.6) is 0 Å². The molecule has 5 rings (SSSR count). The van der Waals surface area contributed by atoms with Crippen LogP contribution in [0.3, 0.4) is 0 Å². The van der Waals surface area contributed by atoms with Crippen molar-refractivity contribution in [2.75, 3.05) is 0 Å². The van der Waals surface area contributed by atoms with Crippen molar-refractivity contribution in [1.29, 1.82) is 0 Å². The van der Waals surface area contributed by atoms with Crippen molar-refractivity contribution >= 4 is 10.9 Å². The molecule has 0 N–H and O–H groups in total. The number of aromatic nitrogens is 4. The summed E-state index contributed by atoms with van der Waals surface area (Å²) in [5, 5.41) is 4.35. The molecule has 0 saturated heterocycles. The van der Waals surface area contributed by atoms with E-state index < -0.39 is 11.2 Å². The number of benzene rings is 3. The predicted molar refractivity (Wildman–Crippen MR) is 122 cm³/mol. The molecular weight excluding hydrogens is 423 g/mol. The predicted octanol–water partition coefficient (Wildman–Crippen LogP) is 4.01. The molecule has 8 heteroatoms. The maximum absolute atomic E-state index is 13.5. The summed E-state index contributed by atoms with van der Waals surface area (Å²) in [6, 6.07) is 18.1. The Balaban J connectivity index is 1.66. The highest BCUT2D eigenvalue weighted by atomic mass is 19.1. The van der Waals surface area contributed by atoms with Gasteiger partial charge < -0.3 is 4.52 Å². The highest BCUT2D eigenvalue weighted by Crippen LogP contribution is 2.18. The molecule has 0 amide bonds. The highest BCUT2D eigenvalue weighted by molar-refractivity contribution is 5.78. The van der Waals surface area contributed by atoms with Crippen LogP contribution in [0.1, 0.15) is 17.0 Å². The zero-order valence-corrected chi connectivity index (χ0v) is 17.9. The van der Waals surface area contributed by atoms with Gasteiger partial charge in [-0.15, -0.1) is 0 Å². The van der Waals surface area contributed by atoms with Crippen LogP contribution in [0.15, 0.2) is 80.8 Å². The summed E-state index contributed by atoms with van der Waals surface area (Å²) < 4.78 is 21.2. The fourth-order valence-electron chi connectivity index (χ4n) is 3.74. The second kappa shape index (κ2) is 7.98. The number of nitrogens with zero attached hydrogens (tertiary/aromatic N) is 4. The van der Waals surface area contributed by atoms with Gasteiger partial charge in [0.1, 0.15) is 12.4 Å². The normalized spacial score (nSPS) is 11.2. The Morgan fingerprint density at radius 2 is 1.70 bits per heavy atom. The Morgan fingerprint density at radius 1 is 0.939 bits per heavy atom. The molecule has 0 saturated carbocycles. The van der Waals surface area contributed by atoms with E-state index in [0.29, 0.717) is 22.2 Å². The van der Waals surface area contributed by atoms with Crippen molar-refractivity contribution in [3.05, 3.63) is 110 Å². The molecule has 164 valence electrons. The van der Waals surface area contributed by atoms with Crippen molar-refractivity contribution in [1.82, 2.24) is 19.3 Å². The fourth-order valence-corrected chi connectivity index (χ4v) is 3.74. The lowest BCUT2D eigenvalue weighted by molar-refractivity contribution is 0.370. The van der Waals surface area contributed by atoms with Crippen LogP contribution in [-0.2, 0) is 6.54 Å². The van der Waals surface area contributed by atoms with Gasteiger partial charge in [-0.05, 0) is 73.5 Å². The van der Waals surface area contributed by atoms with Crippen molar-refractivity contribution in [2.45, 2.75) is 20.4 Å². The zero-order chi connectivity index (χ0) is 23.1. The summed E-state index contributed by atoms with van der Waals surface area (Å²) in [4.78, 5) is 31.1. The number of hydrogen-bond donors (Lipinski definition) is 0. The first kappa shape index (κ1) is 20.6. The molecule has 0 fully saturated rings. The molecular formula is C25H19FN4O3. The molecule has 2 heterocycles. The average molecular weight is 442 g/mol. The molecule has 2 aromatic heterocycles. The first-order chi connectivity index (χ1) is 15.9. The van der Waals surface area contributed by atoms with E-state index in [-0.39, 0.29) is 24.1 Å². The molecule has 0 aliphatic carbocycles. The monoisotopic (exact) mass is 442 g/mol. The van der Waals surface area contributed by atoms with Crippen LogP contribution in [0.25, 0.3) is 28.0 Å². The van der Waals surface area contributed by atoms with Crippen LogP contribution in [0, 0.1) is 19.7 Å². The summed E-state index contributed by atoms with van der Waals surface area (Å²) in [6.45, 7) is 3.87. The third kappa shape index (κ3) is 3.65. The van der Waals surface area contributed by atoms with E-state index in [1.165, 1.54) is 16.7 Å². The SMILES string of the molecule is Cc1ccc(-n2c(=O)c3ccccc3n(Cc3nc(-c4ccc(F)cc4)no3)c2=O)cc1C. The van der Waals surface area contributed by atoms with Crippen LogP contribution < -0.4 is 11.2 Å². The zero-order valence-electron chi connectivity index (χ0n) is 17.9. The van der Waals surface area contributed by atoms with Crippen LogP contribution in [0.2, 0.25) is 0 Å². The van der Waals surface area contributed by atoms with Crippen LogP contribution in [-0.4, -0.2) is 19.3 Å². The van der Waals surface area contributed by atoms with E-state index in [9.17, 15) is 14.0 Å². The molecule has 7 nitrogen and oxygen atoms in total. The van der Waals surface area contributed by atoms with Gasteiger partial charge >= 0.3 is 5.69 Å². The van der Waals surface area contributed by atoms with Gasteiger partial charge in [-0.2, -0.15) is 4.98 Å². The lowest BCUT2D eigenvalue weighted by Crippen LogP contribution is -2.39. The molecule has 5 aromatic rings. The number of halogens is 1. The van der Waals surface area contributed by atoms with E-state index in [1.54, 1.807) is 42.5 Å². The fraction of sp³-hybridized carbons (Fsp3) is 0.120. The molecule has 3 aromatic carbocycles. The van der Waals surface area contributed by atoms with Crippen LogP contribution >= 0.6 is 0 Å². The van der Waals surface area contributed by atoms with Gasteiger partial charge in [0.2, 0.25) is 11.7 Å². The smallest absolute Gasteiger partial charge is 0.336 e. The van der Waals surface area contributed by atoms with E-state index in [1.807, 2.05) is 26.0 Å². The van der Waals surface area contributed by atoms with E-state index >= 15 is 0 Å². The molecule has 0 aliphatic rings. The van der Waals surface area contributed by atoms with Gasteiger partial charge in [0.15, 0.2) is 0 Å². The summed E-state index contributed by atoms with van der Waals surface area (Å²) in [5.41, 5.74) is 2.67. The Labute approximate surface area is 187 Å².